The average molecular weight is 361 g/mol. The molecule has 0 aliphatic heterocycles. The molecule has 2 heterocycles. The molecular formula is C20H16FN5O. The molecule has 0 spiro atoms. The van der Waals surface area contributed by atoms with Crippen molar-refractivity contribution >= 4 is 33.6 Å². The van der Waals surface area contributed by atoms with E-state index in [1.807, 2.05) is 43.3 Å². The molecule has 0 amide bonds. The second kappa shape index (κ2) is 6.50. The van der Waals surface area contributed by atoms with E-state index in [4.69, 9.17) is 10.5 Å². The molecule has 2 aromatic heterocycles. The number of nitrogen functional groups attached to an aromatic ring is 1. The van der Waals surface area contributed by atoms with Crippen LogP contribution < -0.4 is 15.8 Å². The SMILES string of the molecule is CCOc1ccc(Nc2cc3c4ccc(F)cc4c(C#N)c(N)n3n2)cc1. The number of ether oxygens (including phenoxy) is 1. The number of nitriles is 1. The molecule has 0 bridgehead atoms. The largest absolute Gasteiger partial charge is 0.494 e. The molecule has 7 heteroatoms. The van der Waals surface area contributed by atoms with E-state index in [1.165, 1.54) is 16.6 Å². The lowest BCUT2D eigenvalue weighted by molar-refractivity contribution is 0.340. The molecule has 134 valence electrons. The normalized spacial score (nSPS) is 10.9. The topological polar surface area (TPSA) is 88.4 Å². The van der Waals surface area contributed by atoms with Crippen molar-refractivity contribution in [1.82, 2.24) is 9.61 Å². The van der Waals surface area contributed by atoms with E-state index in [9.17, 15) is 9.65 Å². The third kappa shape index (κ3) is 2.87. The van der Waals surface area contributed by atoms with Gasteiger partial charge in [-0.3, -0.25) is 0 Å². The fourth-order valence-corrected chi connectivity index (χ4v) is 3.07. The zero-order valence-corrected chi connectivity index (χ0v) is 14.5. The summed E-state index contributed by atoms with van der Waals surface area (Å²) in [5, 5.41) is 18.3. The summed E-state index contributed by atoms with van der Waals surface area (Å²) in [5.74, 6) is 1.10. The molecule has 27 heavy (non-hydrogen) atoms. The van der Waals surface area contributed by atoms with Gasteiger partial charge in [0, 0.05) is 22.5 Å². The minimum Gasteiger partial charge on any atom is -0.494 e. The molecule has 2 aromatic carbocycles. The van der Waals surface area contributed by atoms with E-state index in [0.29, 0.717) is 28.7 Å². The highest BCUT2D eigenvalue weighted by Gasteiger charge is 2.15. The first-order valence-electron chi connectivity index (χ1n) is 8.41. The minimum atomic E-state index is -0.421. The molecule has 0 fully saturated rings. The van der Waals surface area contributed by atoms with Gasteiger partial charge in [-0.25, -0.2) is 8.91 Å². The maximum absolute atomic E-state index is 13.7. The molecule has 0 saturated carbocycles. The van der Waals surface area contributed by atoms with Crippen LogP contribution in [0.4, 0.5) is 21.7 Å². The number of halogens is 1. The van der Waals surface area contributed by atoms with Crippen LogP contribution in [-0.4, -0.2) is 16.2 Å². The van der Waals surface area contributed by atoms with Crippen LogP contribution >= 0.6 is 0 Å². The smallest absolute Gasteiger partial charge is 0.153 e. The van der Waals surface area contributed by atoms with Crippen LogP contribution in [0, 0.1) is 17.1 Å². The molecule has 0 aliphatic rings. The van der Waals surface area contributed by atoms with Gasteiger partial charge in [0.05, 0.1) is 12.1 Å². The first-order chi connectivity index (χ1) is 13.1. The van der Waals surface area contributed by atoms with E-state index in [-0.39, 0.29) is 11.4 Å². The van der Waals surface area contributed by atoms with Gasteiger partial charge < -0.3 is 15.8 Å². The van der Waals surface area contributed by atoms with Gasteiger partial charge in [0.2, 0.25) is 0 Å². The molecule has 0 radical (unpaired) electrons. The van der Waals surface area contributed by atoms with Gasteiger partial charge in [-0.2, -0.15) is 5.26 Å². The van der Waals surface area contributed by atoms with Crippen LogP contribution in [0.2, 0.25) is 0 Å². The highest BCUT2D eigenvalue weighted by Crippen LogP contribution is 2.31. The first-order valence-corrected chi connectivity index (χ1v) is 8.41. The van der Waals surface area contributed by atoms with Crippen molar-refractivity contribution in [3.05, 3.63) is 59.9 Å². The fraction of sp³-hybridized carbons (Fsp3) is 0.100. The van der Waals surface area contributed by atoms with Gasteiger partial charge in [0.25, 0.3) is 0 Å². The van der Waals surface area contributed by atoms with E-state index in [2.05, 4.69) is 10.4 Å². The summed E-state index contributed by atoms with van der Waals surface area (Å²) in [6, 6.07) is 15.6. The van der Waals surface area contributed by atoms with Crippen molar-refractivity contribution in [3.63, 3.8) is 0 Å². The van der Waals surface area contributed by atoms with Crippen molar-refractivity contribution in [1.29, 1.82) is 5.26 Å². The Hall–Kier alpha value is -3.79. The van der Waals surface area contributed by atoms with Gasteiger partial charge in [-0.15, -0.1) is 5.10 Å². The molecule has 0 saturated heterocycles. The summed E-state index contributed by atoms with van der Waals surface area (Å²) >= 11 is 0. The van der Waals surface area contributed by atoms with Gasteiger partial charge in [0.15, 0.2) is 5.82 Å². The lowest BCUT2D eigenvalue weighted by Gasteiger charge is -2.07. The van der Waals surface area contributed by atoms with Crippen molar-refractivity contribution in [2.45, 2.75) is 6.92 Å². The van der Waals surface area contributed by atoms with Crippen molar-refractivity contribution < 1.29 is 9.13 Å². The first kappa shape index (κ1) is 16.7. The Balaban J connectivity index is 1.81. The second-order valence-corrected chi connectivity index (χ2v) is 5.97. The van der Waals surface area contributed by atoms with E-state index >= 15 is 0 Å². The standard InChI is InChI=1S/C20H16FN5O/c1-2-27-14-6-4-13(5-7-14)24-19-10-18-15-8-3-12(21)9-16(15)17(11-22)20(23)26(18)25-19/h3-10H,2,23H2,1H3,(H,24,25). The van der Waals surface area contributed by atoms with Crippen molar-refractivity contribution in [3.8, 4) is 11.8 Å². The Morgan fingerprint density at radius 2 is 1.96 bits per heavy atom. The number of rotatable bonds is 4. The molecule has 6 nitrogen and oxygen atoms in total. The van der Waals surface area contributed by atoms with Gasteiger partial charge in [-0.05, 0) is 49.4 Å². The maximum atomic E-state index is 13.7. The number of hydrogen-bond acceptors (Lipinski definition) is 5. The number of nitrogens with one attached hydrogen (secondary N) is 1. The number of aromatic nitrogens is 2. The van der Waals surface area contributed by atoms with Crippen LogP contribution in [0.3, 0.4) is 0 Å². The van der Waals surface area contributed by atoms with Crippen LogP contribution in [-0.2, 0) is 0 Å². The molecule has 0 aliphatic carbocycles. The van der Waals surface area contributed by atoms with Crippen molar-refractivity contribution in [2.24, 2.45) is 0 Å². The summed E-state index contributed by atoms with van der Waals surface area (Å²) in [4.78, 5) is 0. The Kier molecular flexibility index (Phi) is 4.01. The van der Waals surface area contributed by atoms with Crippen molar-refractivity contribution in [2.75, 3.05) is 17.7 Å². The molecule has 4 rings (SSSR count). The zero-order chi connectivity index (χ0) is 19.0. The molecular weight excluding hydrogens is 345 g/mol. The Bertz CT molecular complexity index is 1190. The highest BCUT2D eigenvalue weighted by molar-refractivity contribution is 6.02. The summed E-state index contributed by atoms with van der Waals surface area (Å²) in [6.45, 7) is 2.53. The van der Waals surface area contributed by atoms with Gasteiger partial charge in [-0.1, -0.05) is 0 Å². The van der Waals surface area contributed by atoms with Crippen LogP contribution in [0.15, 0.2) is 48.5 Å². The van der Waals surface area contributed by atoms with Crippen LogP contribution in [0.1, 0.15) is 12.5 Å². The molecule has 0 atom stereocenters. The second-order valence-electron chi connectivity index (χ2n) is 5.97. The number of anilines is 3. The predicted octanol–water partition coefficient (Wildman–Crippen LogP) is 4.22. The van der Waals surface area contributed by atoms with Gasteiger partial charge >= 0.3 is 0 Å². The third-order valence-corrected chi connectivity index (χ3v) is 4.27. The lowest BCUT2D eigenvalue weighted by Crippen LogP contribution is -2.03. The fourth-order valence-electron chi connectivity index (χ4n) is 3.07. The van der Waals surface area contributed by atoms with Crippen LogP contribution in [0.25, 0.3) is 16.3 Å². The maximum Gasteiger partial charge on any atom is 0.153 e. The highest BCUT2D eigenvalue weighted by atomic mass is 19.1. The number of pyridine rings is 1. The van der Waals surface area contributed by atoms with E-state index < -0.39 is 5.82 Å². The summed E-state index contributed by atoms with van der Waals surface area (Å²) in [6.07, 6.45) is 0. The third-order valence-electron chi connectivity index (χ3n) is 4.27. The monoisotopic (exact) mass is 361 g/mol. The molecule has 4 aromatic rings. The summed E-state index contributed by atoms with van der Waals surface area (Å²) in [7, 11) is 0. The van der Waals surface area contributed by atoms with Crippen LogP contribution in [0.5, 0.6) is 5.75 Å². The molecule has 0 unspecified atom stereocenters. The predicted molar refractivity (Wildman–Crippen MR) is 103 cm³/mol. The minimum absolute atomic E-state index is 0.172. The molecule has 3 N–H and O–H groups in total. The number of hydrogen-bond donors (Lipinski definition) is 2. The van der Waals surface area contributed by atoms with E-state index in [0.717, 1.165) is 11.4 Å². The summed E-state index contributed by atoms with van der Waals surface area (Å²) in [5.41, 5.74) is 7.84. The number of fused-ring (bicyclic) bond motifs is 3. The lowest BCUT2D eigenvalue weighted by atomic mass is 10.1. The Morgan fingerprint density at radius 1 is 1.19 bits per heavy atom. The quantitative estimate of drug-likeness (QED) is 0.568. The number of nitrogens with zero attached hydrogens (tertiary/aromatic N) is 3. The Labute approximate surface area is 154 Å². The summed E-state index contributed by atoms with van der Waals surface area (Å²) < 4.78 is 20.6. The zero-order valence-electron chi connectivity index (χ0n) is 14.5. The Morgan fingerprint density at radius 3 is 2.67 bits per heavy atom. The number of benzene rings is 2. The number of nitrogens with two attached hydrogens (primary N) is 1. The average Bonchev–Trinajstić information content (AvgIpc) is 3.08. The van der Waals surface area contributed by atoms with E-state index in [1.54, 1.807) is 6.07 Å². The van der Waals surface area contributed by atoms with Gasteiger partial charge in [0.1, 0.15) is 29.0 Å².